The standard InChI is InChI=1S/C18H17NO6/c1-10(20)15-16(11-5-6-13(21)14(8-11)24-2)19(18(23)17(15)22)9-12-4-3-7-25-12/h3-8,16,21-22H,9H2,1-2H3. The van der Waals surface area contributed by atoms with Gasteiger partial charge in [0, 0.05) is 0 Å². The molecule has 1 atom stereocenters. The molecule has 0 saturated heterocycles. The number of benzene rings is 1. The third-order valence-electron chi connectivity index (χ3n) is 4.11. The number of hydrogen-bond acceptors (Lipinski definition) is 6. The van der Waals surface area contributed by atoms with E-state index in [1.165, 1.54) is 37.3 Å². The number of carbonyl (C=O) groups excluding carboxylic acids is 2. The van der Waals surface area contributed by atoms with E-state index in [-0.39, 0.29) is 23.6 Å². The number of methoxy groups -OCH3 is 1. The van der Waals surface area contributed by atoms with Crippen LogP contribution in [0.15, 0.2) is 52.3 Å². The summed E-state index contributed by atoms with van der Waals surface area (Å²) in [4.78, 5) is 25.9. The van der Waals surface area contributed by atoms with Crippen LogP contribution in [0.2, 0.25) is 0 Å². The molecule has 0 radical (unpaired) electrons. The van der Waals surface area contributed by atoms with Gasteiger partial charge < -0.3 is 24.3 Å². The summed E-state index contributed by atoms with van der Waals surface area (Å²) in [6, 6.07) is 7.11. The number of aromatic hydroxyl groups is 1. The molecule has 1 aliphatic rings. The zero-order valence-electron chi connectivity index (χ0n) is 13.7. The van der Waals surface area contributed by atoms with Gasteiger partial charge in [0.25, 0.3) is 5.91 Å². The summed E-state index contributed by atoms with van der Waals surface area (Å²) in [6.07, 6.45) is 1.48. The predicted octanol–water partition coefficient (Wildman–Crippen LogP) is 2.48. The van der Waals surface area contributed by atoms with E-state index in [1.807, 2.05) is 0 Å². The first-order valence-electron chi connectivity index (χ1n) is 7.58. The average molecular weight is 343 g/mol. The molecule has 2 N–H and O–H groups in total. The molecule has 7 heteroatoms. The highest BCUT2D eigenvalue weighted by atomic mass is 16.5. The summed E-state index contributed by atoms with van der Waals surface area (Å²) < 4.78 is 10.4. The minimum absolute atomic E-state index is 0.00398. The van der Waals surface area contributed by atoms with Crippen LogP contribution in [0.3, 0.4) is 0 Å². The van der Waals surface area contributed by atoms with E-state index in [2.05, 4.69) is 0 Å². The van der Waals surface area contributed by atoms with Crippen molar-refractivity contribution in [2.24, 2.45) is 0 Å². The first kappa shape index (κ1) is 16.6. The van der Waals surface area contributed by atoms with Crippen molar-refractivity contribution in [3.05, 3.63) is 59.3 Å². The number of ether oxygens (including phenoxy) is 1. The Balaban J connectivity index is 2.09. The number of phenolic OH excluding ortho intramolecular Hbond substituents is 1. The Morgan fingerprint density at radius 1 is 1.32 bits per heavy atom. The quantitative estimate of drug-likeness (QED) is 0.865. The van der Waals surface area contributed by atoms with Crippen LogP contribution >= 0.6 is 0 Å². The average Bonchev–Trinajstić information content (AvgIpc) is 3.17. The number of phenols is 1. The highest BCUT2D eigenvalue weighted by Crippen LogP contribution is 2.41. The number of ketones is 1. The third kappa shape index (κ3) is 2.84. The van der Waals surface area contributed by atoms with E-state index in [4.69, 9.17) is 9.15 Å². The van der Waals surface area contributed by atoms with Crippen molar-refractivity contribution in [2.45, 2.75) is 19.5 Å². The minimum atomic E-state index is -0.801. The van der Waals surface area contributed by atoms with Crippen LogP contribution < -0.4 is 4.74 Å². The molecule has 3 rings (SSSR count). The van der Waals surface area contributed by atoms with E-state index < -0.39 is 23.5 Å². The molecule has 1 aromatic carbocycles. The molecule has 2 aromatic rings. The number of carbonyl (C=O) groups is 2. The summed E-state index contributed by atoms with van der Waals surface area (Å²) >= 11 is 0. The van der Waals surface area contributed by atoms with Crippen LogP contribution in [-0.2, 0) is 16.1 Å². The van der Waals surface area contributed by atoms with E-state index in [9.17, 15) is 19.8 Å². The highest BCUT2D eigenvalue weighted by Gasteiger charge is 2.42. The molecular weight excluding hydrogens is 326 g/mol. The number of aliphatic hydroxyl groups excluding tert-OH is 1. The highest BCUT2D eigenvalue weighted by molar-refractivity contribution is 6.08. The lowest BCUT2D eigenvalue weighted by Crippen LogP contribution is -2.30. The lowest BCUT2D eigenvalue weighted by Gasteiger charge is -2.26. The minimum Gasteiger partial charge on any atom is -0.504 e. The molecule has 25 heavy (non-hydrogen) atoms. The van der Waals surface area contributed by atoms with Gasteiger partial charge in [-0.2, -0.15) is 0 Å². The number of nitrogens with zero attached hydrogens (tertiary/aromatic N) is 1. The zero-order valence-corrected chi connectivity index (χ0v) is 13.7. The SMILES string of the molecule is COc1cc(C2C(C(C)=O)=C(O)C(=O)N2Cc2ccco2)ccc1O. The second-order valence-electron chi connectivity index (χ2n) is 5.66. The molecule has 1 amide bonds. The maximum absolute atomic E-state index is 12.5. The summed E-state index contributed by atoms with van der Waals surface area (Å²) in [7, 11) is 1.40. The van der Waals surface area contributed by atoms with Crippen LogP contribution in [0.25, 0.3) is 0 Å². The molecule has 1 unspecified atom stereocenters. The Labute approximate surface area is 143 Å². The van der Waals surface area contributed by atoms with Crippen LogP contribution in [0, 0.1) is 0 Å². The summed E-state index contributed by atoms with van der Waals surface area (Å²) in [5, 5.41) is 20.0. The second kappa shape index (κ2) is 6.35. The normalized spacial score (nSPS) is 17.3. The maximum Gasteiger partial charge on any atom is 0.290 e. The van der Waals surface area contributed by atoms with Gasteiger partial charge in [-0.05, 0) is 36.8 Å². The van der Waals surface area contributed by atoms with Crippen molar-refractivity contribution < 1.29 is 29.0 Å². The number of Topliss-reactive ketones (excluding diaryl/α,β-unsaturated/α-hetero) is 1. The van der Waals surface area contributed by atoms with Crippen LogP contribution in [-0.4, -0.2) is 33.9 Å². The van der Waals surface area contributed by atoms with Crippen molar-refractivity contribution >= 4 is 11.7 Å². The van der Waals surface area contributed by atoms with Crippen LogP contribution in [0.5, 0.6) is 11.5 Å². The smallest absolute Gasteiger partial charge is 0.290 e. The van der Waals surface area contributed by atoms with Gasteiger partial charge in [-0.15, -0.1) is 0 Å². The van der Waals surface area contributed by atoms with Gasteiger partial charge in [0.05, 0.1) is 31.5 Å². The fraction of sp³-hybridized carbons (Fsp3) is 0.222. The molecular formula is C18H17NO6. The Hall–Kier alpha value is -3.22. The monoisotopic (exact) mass is 343 g/mol. The van der Waals surface area contributed by atoms with E-state index in [1.54, 1.807) is 18.2 Å². The van der Waals surface area contributed by atoms with E-state index >= 15 is 0 Å². The first-order valence-corrected chi connectivity index (χ1v) is 7.58. The van der Waals surface area contributed by atoms with Crippen molar-refractivity contribution in [2.75, 3.05) is 7.11 Å². The van der Waals surface area contributed by atoms with E-state index in [0.717, 1.165) is 0 Å². The van der Waals surface area contributed by atoms with Gasteiger partial charge in [0.1, 0.15) is 5.76 Å². The number of amides is 1. The molecule has 0 bridgehead atoms. The van der Waals surface area contributed by atoms with Gasteiger partial charge in [0.2, 0.25) is 0 Å². The lowest BCUT2D eigenvalue weighted by atomic mass is 9.96. The molecule has 1 aromatic heterocycles. The fourth-order valence-corrected chi connectivity index (χ4v) is 2.96. The van der Waals surface area contributed by atoms with Crippen molar-refractivity contribution in [1.82, 2.24) is 4.90 Å². The third-order valence-corrected chi connectivity index (χ3v) is 4.11. The van der Waals surface area contributed by atoms with Gasteiger partial charge >= 0.3 is 0 Å². The zero-order chi connectivity index (χ0) is 18.1. The van der Waals surface area contributed by atoms with Gasteiger partial charge in [-0.1, -0.05) is 6.07 Å². The summed E-state index contributed by atoms with van der Waals surface area (Å²) in [5.74, 6) is -0.982. The van der Waals surface area contributed by atoms with Crippen molar-refractivity contribution in [3.8, 4) is 11.5 Å². The number of hydrogen-bond donors (Lipinski definition) is 2. The summed E-state index contributed by atoms with van der Waals surface area (Å²) in [6.45, 7) is 1.38. The van der Waals surface area contributed by atoms with Gasteiger partial charge in [-0.3, -0.25) is 9.59 Å². The Kier molecular flexibility index (Phi) is 4.22. The van der Waals surface area contributed by atoms with Gasteiger partial charge in [0.15, 0.2) is 23.0 Å². The predicted molar refractivity (Wildman–Crippen MR) is 87.0 cm³/mol. The maximum atomic E-state index is 12.5. The van der Waals surface area contributed by atoms with Crippen LogP contribution in [0.4, 0.5) is 0 Å². The molecule has 0 aliphatic carbocycles. The molecule has 0 spiro atoms. The van der Waals surface area contributed by atoms with Gasteiger partial charge in [-0.25, -0.2) is 0 Å². The number of aliphatic hydroxyl groups is 1. The van der Waals surface area contributed by atoms with E-state index in [0.29, 0.717) is 11.3 Å². The first-order chi connectivity index (χ1) is 11.9. The number of rotatable bonds is 5. The molecule has 1 aliphatic heterocycles. The Morgan fingerprint density at radius 3 is 2.68 bits per heavy atom. The van der Waals surface area contributed by atoms with Crippen molar-refractivity contribution in [3.63, 3.8) is 0 Å². The largest absolute Gasteiger partial charge is 0.504 e. The fourth-order valence-electron chi connectivity index (χ4n) is 2.96. The second-order valence-corrected chi connectivity index (χ2v) is 5.66. The lowest BCUT2D eigenvalue weighted by molar-refractivity contribution is -0.130. The van der Waals surface area contributed by atoms with Crippen LogP contribution in [0.1, 0.15) is 24.3 Å². The molecule has 0 saturated carbocycles. The summed E-state index contributed by atoms with van der Waals surface area (Å²) in [5.41, 5.74) is 0.535. The topological polar surface area (TPSA) is 100 Å². The Bertz CT molecular complexity index is 852. The Morgan fingerprint density at radius 2 is 2.08 bits per heavy atom. The molecule has 130 valence electrons. The van der Waals surface area contributed by atoms with Crippen molar-refractivity contribution in [1.29, 1.82) is 0 Å². The molecule has 2 heterocycles. The molecule has 7 nitrogen and oxygen atoms in total. The molecule has 0 fully saturated rings. The number of furan rings is 1.